The van der Waals surface area contributed by atoms with Crippen molar-refractivity contribution in [1.29, 1.82) is 0 Å². The van der Waals surface area contributed by atoms with Crippen LogP contribution in [-0.4, -0.2) is 16.8 Å². The molecule has 3 aromatic carbocycles. The number of Topliss-reactive ketones (excluding diaryl/α,β-unsaturated/α-hetero) is 1. The highest BCUT2D eigenvalue weighted by molar-refractivity contribution is 6.11. The lowest BCUT2D eigenvalue weighted by Gasteiger charge is -2.24. The minimum Gasteiger partial charge on any atom is -0.375 e. The Morgan fingerprint density at radius 3 is 2.38 bits per heavy atom. The van der Waals surface area contributed by atoms with Gasteiger partial charge in [-0.3, -0.25) is 9.59 Å². The minimum absolute atomic E-state index is 0.228. The molecule has 1 aliphatic rings. The van der Waals surface area contributed by atoms with Crippen molar-refractivity contribution in [3.8, 4) is 0 Å². The number of hydrogen-bond acceptors (Lipinski definition) is 3. The first-order chi connectivity index (χ1) is 15.2. The van der Waals surface area contributed by atoms with Crippen molar-refractivity contribution in [2.75, 3.05) is 4.90 Å². The molecule has 1 N–H and O–H groups in total. The molecule has 0 bridgehead atoms. The molecule has 32 heavy (non-hydrogen) atoms. The number of hydrogen-bond donors (Lipinski definition) is 1. The Morgan fingerprint density at radius 2 is 1.66 bits per heavy atom. The average molecular weight is 428 g/mol. The molecule has 0 saturated carbocycles. The van der Waals surface area contributed by atoms with Crippen LogP contribution in [0.4, 0.5) is 5.69 Å². The molecule has 0 fully saturated rings. The number of nitrogens with zero attached hydrogens (tertiary/aromatic N) is 1. The van der Waals surface area contributed by atoms with Crippen molar-refractivity contribution in [2.45, 2.75) is 52.2 Å². The predicted octanol–water partition coefficient (Wildman–Crippen LogP) is 5.43. The maximum Gasteiger partial charge on any atom is 0.264 e. The van der Waals surface area contributed by atoms with Gasteiger partial charge in [0.05, 0.1) is 18.7 Å². The van der Waals surface area contributed by atoms with Gasteiger partial charge in [-0.15, -0.1) is 0 Å². The van der Waals surface area contributed by atoms with Gasteiger partial charge >= 0.3 is 0 Å². The van der Waals surface area contributed by atoms with Crippen LogP contribution in [0, 0.1) is 13.8 Å². The highest BCUT2D eigenvalue weighted by Crippen LogP contribution is 2.43. The minimum atomic E-state index is -1.88. The van der Waals surface area contributed by atoms with E-state index in [0.29, 0.717) is 23.4 Å². The molecule has 0 radical (unpaired) electrons. The Labute approximate surface area is 189 Å². The number of ketones is 1. The molecule has 1 aliphatic heterocycles. The summed E-state index contributed by atoms with van der Waals surface area (Å²) < 4.78 is 0. The molecule has 4 heteroatoms. The fourth-order valence-electron chi connectivity index (χ4n) is 4.42. The van der Waals surface area contributed by atoms with Crippen LogP contribution in [-0.2, 0) is 16.9 Å². The van der Waals surface area contributed by atoms with Gasteiger partial charge in [0.1, 0.15) is 0 Å². The highest BCUT2D eigenvalue weighted by atomic mass is 16.3. The Bertz CT molecular complexity index is 1200. The van der Waals surface area contributed by atoms with Crippen molar-refractivity contribution < 1.29 is 14.7 Å². The van der Waals surface area contributed by atoms with Gasteiger partial charge in [-0.1, -0.05) is 68.4 Å². The van der Waals surface area contributed by atoms with Gasteiger partial charge in [0, 0.05) is 11.1 Å². The van der Waals surface area contributed by atoms with Crippen LogP contribution in [0.5, 0.6) is 0 Å². The molecule has 0 unspecified atom stereocenters. The zero-order chi connectivity index (χ0) is 23.0. The summed E-state index contributed by atoms with van der Waals surface area (Å²) in [4.78, 5) is 28.5. The van der Waals surface area contributed by atoms with Crippen molar-refractivity contribution in [2.24, 2.45) is 0 Å². The lowest BCUT2D eigenvalue weighted by molar-refractivity contribution is -0.136. The standard InChI is InChI=1S/C28H29NO3/c1-18(2)21-14-13-20(4)23(15-21)26(30)16-28(32)24-11-7-8-12-25(24)29(27(28)31)17-22-10-6-5-9-19(22)3/h5-15,18,32H,16-17H2,1-4H3/t28-/m0/s1. The van der Waals surface area contributed by atoms with Crippen LogP contribution in [0.25, 0.3) is 0 Å². The first-order valence-corrected chi connectivity index (χ1v) is 11.0. The third-order valence-electron chi connectivity index (χ3n) is 6.47. The summed E-state index contributed by atoms with van der Waals surface area (Å²) in [6, 6.07) is 20.9. The maximum absolute atomic E-state index is 13.6. The van der Waals surface area contributed by atoms with Crippen LogP contribution < -0.4 is 4.90 Å². The van der Waals surface area contributed by atoms with Crippen LogP contribution in [0.1, 0.15) is 64.4 Å². The van der Waals surface area contributed by atoms with E-state index in [1.54, 1.807) is 17.0 Å². The lowest BCUT2D eigenvalue weighted by Crippen LogP contribution is -2.41. The Kier molecular flexibility index (Phi) is 5.74. The number of aliphatic hydroxyl groups is 1. The lowest BCUT2D eigenvalue weighted by atomic mass is 9.86. The topological polar surface area (TPSA) is 57.6 Å². The molecule has 164 valence electrons. The van der Waals surface area contributed by atoms with E-state index in [1.807, 2.05) is 68.4 Å². The largest absolute Gasteiger partial charge is 0.375 e. The maximum atomic E-state index is 13.6. The number of fused-ring (bicyclic) bond motifs is 1. The SMILES string of the molecule is Cc1ccccc1CN1C(=O)[C@](O)(CC(=O)c2cc(C(C)C)ccc2C)c2ccccc21. The third-order valence-corrected chi connectivity index (χ3v) is 6.47. The second-order valence-corrected chi connectivity index (χ2v) is 9.02. The number of carbonyl (C=O) groups excluding carboxylic acids is 2. The van der Waals surface area contributed by atoms with Crippen LogP contribution in [0.2, 0.25) is 0 Å². The van der Waals surface area contributed by atoms with Crippen LogP contribution in [0.15, 0.2) is 66.7 Å². The summed E-state index contributed by atoms with van der Waals surface area (Å²) in [6.07, 6.45) is -0.282. The summed E-state index contributed by atoms with van der Waals surface area (Å²) in [7, 11) is 0. The molecule has 1 atom stereocenters. The van der Waals surface area contributed by atoms with Gasteiger partial charge in [-0.25, -0.2) is 0 Å². The third kappa shape index (κ3) is 3.76. The fourth-order valence-corrected chi connectivity index (χ4v) is 4.42. The van der Waals surface area contributed by atoms with Gasteiger partial charge in [0.15, 0.2) is 11.4 Å². The predicted molar refractivity (Wildman–Crippen MR) is 127 cm³/mol. The van der Waals surface area contributed by atoms with Crippen LogP contribution in [0.3, 0.4) is 0 Å². The van der Waals surface area contributed by atoms with Gasteiger partial charge in [-0.2, -0.15) is 0 Å². The summed E-state index contributed by atoms with van der Waals surface area (Å²) in [5.74, 6) is -0.398. The average Bonchev–Trinajstić information content (AvgIpc) is 2.97. The fraction of sp³-hybridized carbons (Fsp3) is 0.286. The molecule has 4 nitrogen and oxygen atoms in total. The molecular weight excluding hydrogens is 398 g/mol. The van der Waals surface area contributed by atoms with Gasteiger partial charge in [0.2, 0.25) is 0 Å². The van der Waals surface area contributed by atoms with Crippen molar-refractivity contribution in [1.82, 2.24) is 0 Å². The Hall–Kier alpha value is -3.24. The molecule has 1 amide bonds. The van der Waals surface area contributed by atoms with E-state index in [4.69, 9.17) is 0 Å². The number of rotatable bonds is 6. The molecular formula is C28H29NO3. The zero-order valence-electron chi connectivity index (χ0n) is 19.1. The number of amides is 1. The molecule has 0 aliphatic carbocycles. The van der Waals surface area contributed by atoms with E-state index in [2.05, 4.69) is 13.8 Å². The number of anilines is 1. The van der Waals surface area contributed by atoms with E-state index < -0.39 is 11.5 Å². The van der Waals surface area contributed by atoms with E-state index in [9.17, 15) is 14.7 Å². The van der Waals surface area contributed by atoms with Crippen LogP contribution >= 0.6 is 0 Å². The summed E-state index contributed by atoms with van der Waals surface area (Å²) in [6.45, 7) is 8.39. The second kappa shape index (κ2) is 8.36. The van der Waals surface area contributed by atoms with Gasteiger partial charge in [-0.05, 0) is 54.2 Å². The summed E-state index contributed by atoms with van der Waals surface area (Å²) >= 11 is 0. The number of aryl methyl sites for hydroxylation is 2. The molecule has 4 rings (SSSR count). The smallest absolute Gasteiger partial charge is 0.264 e. The molecule has 0 aromatic heterocycles. The quantitative estimate of drug-likeness (QED) is 0.533. The molecule has 1 heterocycles. The molecule has 3 aromatic rings. The van der Waals surface area contributed by atoms with Gasteiger partial charge in [0.25, 0.3) is 5.91 Å². The normalized spacial score (nSPS) is 17.7. The summed E-state index contributed by atoms with van der Waals surface area (Å²) in [5.41, 5.74) is 3.82. The van der Waals surface area contributed by atoms with Crippen molar-refractivity contribution in [3.63, 3.8) is 0 Å². The number of benzene rings is 3. The van der Waals surface area contributed by atoms with Crippen molar-refractivity contribution in [3.05, 3.63) is 100 Å². The molecule has 0 saturated heterocycles. The zero-order valence-corrected chi connectivity index (χ0v) is 19.1. The van der Waals surface area contributed by atoms with Gasteiger partial charge < -0.3 is 10.0 Å². The number of carbonyl (C=O) groups is 2. The van der Waals surface area contributed by atoms with E-state index in [1.165, 1.54) is 0 Å². The van der Waals surface area contributed by atoms with E-state index >= 15 is 0 Å². The van der Waals surface area contributed by atoms with Crippen molar-refractivity contribution >= 4 is 17.4 Å². The Morgan fingerprint density at radius 1 is 0.969 bits per heavy atom. The number of para-hydroxylation sites is 1. The van der Waals surface area contributed by atoms with E-state index in [0.717, 1.165) is 22.3 Å². The first kappa shape index (κ1) is 22.0. The monoisotopic (exact) mass is 427 g/mol. The molecule has 0 spiro atoms. The second-order valence-electron chi connectivity index (χ2n) is 9.02. The first-order valence-electron chi connectivity index (χ1n) is 11.0. The Balaban J connectivity index is 1.70. The summed E-state index contributed by atoms with van der Waals surface area (Å²) in [5, 5.41) is 11.6. The highest BCUT2D eigenvalue weighted by Gasteiger charge is 2.50. The van der Waals surface area contributed by atoms with E-state index in [-0.39, 0.29) is 18.1 Å².